The van der Waals surface area contributed by atoms with Crippen molar-refractivity contribution in [1.29, 1.82) is 0 Å². The van der Waals surface area contributed by atoms with Gasteiger partial charge in [0.15, 0.2) is 0 Å². The third kappa shape index (κ3) is 2.49. The Balaban J connectivity index is 2.62. The molecule has 1 aromatic carbocycles. The van der Waals surface area contributed by atoms with E-state index in [0.29, 0.717) is 16.2 Å². The van der Waals surface area contributed by atoms with E-state index >= 15 is 0 Å². The minimum Gasteiger partial charge on any atom is -0.469 e. The van der Waals surface area contributed by atoms with E-state index in [9.17, 15) is 9.00 Å². The normalized spacial score (nSPS) is 12.6. The number of ether oxygens (including phenoxy) is 1. The van der Waals surface area contributed by atoms with Gasteiger partial charge in [-0.15, -0.1) is 0 Å². The van der Waals surface area contributed by atoms with Gasteiger partial charge in [-0.1, -0.05) is 15.9 Å². The number of halogens is 1. The number of furan rings is 1. The van der Waals surface area contributed by atoms with Crippen LogP contribution in [-0.4, -0.2) is 23.5 Å². The summed E-state index contributed by atoms with van der Waals surface area (Å²) in [4.78, 5) is 11.9. The van der Waals surface area contributed by atoms with Gasteiger partial charge in [0.2, 0.25) is 0 Å². The largest absolute Gasteiger partial charge is 0.469 e. The summed E-state index contributed by atoms with van der Waals surface area (Å²) in [7, 11) is 0.0767. The summed E-state index contributed by atoms with van der Waals surface area (Å²) < 4.78 is 22.8. The van der Waals surface area contributed by atoms with Crippen molar-refractivity contribution in [3.8, 4) is 0 Å². The van der Waals surface area contributed by atoms with Crippen molar-refractivity contribution in [2.24, 2.45) is 0 Å². The number of rotatable bonds is 3. The van der Waals surface area contributed by atoms with Crippen LogP contribution in [0.5, 0.6) is 0 Å². The zero-order valence-corrected chi connectivity index (χ0v) is 12.3. The molecule has 1 aromatic heterocycles. The van der Waals surface area contributed by atoms with Gasteiger partial charge in [-0.25, -0.2) is 0 Å². The molecule has 0 N–H and O–H groups in total. The summed E-state index contributed by atoms with van der Waals surface area (Å²) in [5.41, 5.74) is 0.613. The zero-order valence-electron chi connectivity index (χ0n) is 9.86. The molecule has 1 atom stereocenters. The summed E-state index contributed by atoms with van der Waals surface area (Å²) in [6.07, 6.45) is 1.55. The first-order valence-corrected chi connectivity index (χ1v) is 7.49. The van der Waals surface area contributed by atoms with Crippen molar-refractivity contribution >= 4 is 43.7 Å². The fraction of sp³-hybridized carbons (Fsp3) is 0.250. The highest BCUT2D eigenvalue weighted by Crippen LogP contribution is 2.31. The van der Waals surface area contributed by atoms with Gasteiger partial charge >= 0.3 is 5.97 Å². The van der Waals surface area contributed by atoms with Crippen molar-refractivity contribution in [3.63, 3.8) is 0 Å². The van der Waals surface area contributed by atoms with Gasteiger partial charge in [-0.05, 0) is 18.2 Å². The van der Waals surface area contributed by atoms with Crippen molar-refractivity contribution in [2.75, 3.05) is 13.4 Å². The molecule has 0 aliphatic heterocycles. The number of benzene rings is 1. The molecule has 0 bridgehead atoms. The molecule has 0 fully saturated rings. The quantitative estimate of drug-likeness (QED) is 0.812. The molecule has 0 aliphatic carbocycles. The van der Waals surface area contributed by atoms with Crippen LogP contribution in [0.15, 0.2) is 32.0 Å². The molecule has 0 radical (unpaired) electrons. The van der Waals surface area contributed by atoms with Crippen LogP contribution in [-0.2, 0) is 26.8 Å². The molecule has 6 heteroatoms. The van der Waals surface area contributed by atoms with E-state index in [4.69, 9.17) is 4.42 Å². The predicted octanol–water partition coefficient (Wildman–Crippen LogP) is 2.65. The lowest BCUT2D eigenvalue weighted by Crippen LogP contribution is -2.05. The first kappa shape index (κ1) is 13.3. The Morgan fingerprint density at radius 2 is 2.22 bits per heavy atom. The van der Waals surface area contributed by atoms with Crippen LogP contribution in [0.2, 0.25) is 0 Å². The smallest absolute Gasteiger partial charge is 0.313 e. The molecule has 18 heavy (non-hydrogen) atoms. The molecule has 0 unspecified atom stereocenters. The minimum atomic E-state index is -1.23. The van der Waals surface area contributed by atoms with Gasteiger partial charge < -0.3 is 9.15 Å². The topological polar surface area (TPSA) is 56.5 Å². The van der Waals surface area contributed by atoms with E-state index < -0.39 is 16.8 Å². The van der Waals surface area contributed by atoms with Crippen LogP contribution < -0.4 is 0 Å². The maximum absolute atomic E-state index is 11.8. The average Bonchev–Trinajstić information content (AvgIpc) is 2.65. The maximum atomic E-state index is 11.8. The molecule has 0 aliphatic rings. The standard InChI is InChI=1S/C12H11BrO4S/c1-16-11(14)6-10-12(18(2)15)8-5-7(13)3-4-9(8)17-10/h3-5H,6H2,1-2H3/t18-/m0/s1. The fourth-order valence-corrected chi connectivity index (χ4v) is 3.00. The lowest BCUT2D eigenvalue weighted by molar-refractivity contribution is -0.140. The third-order valence-electron chi connectivity index (χ3n) is 2.49. The van der Waals surface area contributed by atoms with Crippen molar-refractivity contribution in [1.82, 2.24) is 0 Å². The minimum absolute atomic E-state index is 0.0162. The third-order valence-corrected chi connectivity index (χ3v) is 4.01. The van der Waals surface area contributed by atoms with Crippen LogP contribution >= 0.6 is 15.9 Å². The molecule has 0 saturated heterocycles. The van der Waals surface area contributed by atoms with E-state index in [2.05, 4.69) is 20.7 Å². The maximum Gasteiger partial charge on any atom is 0.313 e. The summed E-state index contributed by atoms with van der Waals surface area (Å²) in [6.45, 7) is 0. The Morgan fingerprint density at radius 3 is 2.83 bits per heavy atom. The Morgan fingerprint density at radius 1 is 1.50 bits per heavy atom. The van der Waals surface area contributed by atoms with Gasteiger partial charge in [0.1, 0.15) is 17.8 Å². The molecule has 4 nitrogen and oxygen atoms in total. The molecular weight excluding hydrogens is 320 g/mol. The van der Waals surface area contributed by atoms with Crippen LogP contribution in [0.25, 0.3) is 11.0 Å². The predicted molar refractivity (Wildman–Crippen MR) is 72.0 cm³/mol. The SMILES string of the molecule is COC(=O)Cc1oc2ccc(Br)cc2c1[S@](C)=O. The van der Waals surface area contributed by atoms with Crippen molar-refractivity contribution in [3.05, 3.63) is 28.4 Å². The van der Waals surface area contributed by atoms with Crippen molar-refractivity contribution in [2.45, 2.75) is 11.3 Å². The number of carbonyl (C=O) groups is 1. The summed E-state index contributed by atoms with van der Waals surface area (Å²) in [6, 6.07) is 5.43. The van der Waals surface area contributed by atoms with Crippen molar-refractivity contribution < 1.29 is 18.2 Å². The number of carbonyl (C=O) groups excluding carboxylic acids is 1. The lowest BCUT2D eigenvalue weighted by atomic mass is 10.2. The molecule has 96 valence electrons. The molecule has 0 spiro atoms. The Hall–Kier alpha value is -1.14. The van der Waals surface area contributed by atoms with E-state index in [1.165, 1.54) is 7.11 Å². The van der Waals surface area contributed by atoms with Gasteiger partial charge in [0.25, 0.3) is 0 Å². The second kappa shape index (κ2) is 5.24. The van der Waals surface area contributed by atoms with Gasteiger partial charge in [0.05, 0.1) is 22.8 Å². The monoisotopic (exact) mass is 330 g/mol. The van der Waals surface area contributed by atoms with Crippen LogP contribution in [0.4, 0.5) is 0 Å². The molecular formula is C12H11BrO4S. The second-order valence-electron chi connectivity index (χ2n) is 3.70. The van der Waals surface area contributed by atoms with Crippen LogP contribution in [0, 0.1) is 0 Å². The number of esters is 1. The zero-order chi connectivity index (χ0) is 13.3. The molecule has 0 amide bonds. The highest BCUT2D eigenvalue weighted by atomic mass is 79.9. The van der Waals surface area contributed by atoms with Crippen LogP contribution in [0.3, 0.4) is 0 Å². The summed E-state index contributed by atoms with van der Waals surface area (Å²) in [5.74, 6) is -0.0180. The highest BCUT2D eigenvalue weighted by Gasteiger charge is 2.20. The number of methoxy groups -OCH3 is 1. The summed E-state index contributed by atoms with van der Waals surface area (Å²) in [5, 5.41) is 0.754. The number of hydrogen-bond donors (Lipinski definition) is 0. The first-order chi connectivity index (χ1) is 8.52. The van der Waals surface area contributed by atoms with Crippen LogP contribution in [0.1, 0.15) is 5.76 Å². The first-order valence-electron chi connectivity index (χ1n) is 5.14. The molecule has 0 saturated carbocycles. The average molecular weight is 331 g/mol. The molecule has 2 aromatic rings. The van der Waals surface area contributed by atoms with Gasteiger partial charge in [-0.3, -0.25) is 9.00 Å². The Labute approximate surface area is 115 Å². The molecule has 2 rings (SSSR count). The highest BCUT2D eigenvalue weighted by molar-refractivity contribution is 9.10. The Bertz CT molecular complexity index is 632. The van der Waals surface area contributed by atoms with E-state index in [1.807, 2.05) is 12.1 Å². The van der Waals surface area contributed by atoms with E-state index in [1.54, 1.807) is 12.3 Å². The molecule has 1 heterocycles. The lowest BCUT2D eigenvalue weighted by Gasteiger charge is -1.98. The Kier molecular flexibility index (Phi) is 3.87. The number of fused-ring (bicyclic) bond motifs is 1. The summed E-state index contributed by atoms with van der Waals surface area (Å²) >= 11 is 3.36. The van der Waals surface area contributed by atoms with Gasteiger partial charge in [-0.2, -0.15) is 0 Å². The van der Waals surface area contributed by atoms with E-state index in [0.717, 1.165) is 9.86 Å². The fourth-order valence-electron chi connectivity index (χ4n) is 1.73. The number of hydrogen-bond acceptors (Lipinski definition) is 4. The second-order valence-corrected chi connectivity index (χ2v) is 5.93. The van der Waals surface area contributed by atoms with Gasteiger partial charge in [0, 0.05) is 16.1 Å². The van der Waals surface area contributed by atoms with E-state index in [-0.39, 0.29) is 6.42 Å².